The first-order valence-electron chi connectivity index (χ1n) is 9.30. The lowest BCUT2D eigenvalue weighted by molar-refractivity contribution is 0.0955. The fourth-order valence-electron chi connectivity index (χ4n) is 3.15. The van der Waals surface area contributed by atoms with Crippen molar-refractivity contribution in [1.29, 1.82) is 0 Å². The molecular formula is C23H26N4O. The van der Waals surface area contributed by atoms with Gasteiger partial charge in [0.05, 0.1) is 11.8 Å². The Morgan fingerprint density at radius 1 is 1.14 bits per heavy atom. The number of aryl methyl sites for hydroxylation is 1. The zero-order valence-corrected chi connectivity index (χ0v) is 17.0. The molecule has 1 N–H and O–H groups in total. The lowest BCUT2D eigenvalue weighted by Gasteiger charge is -2.20. The summed E-state index contributed by atoms with van der Waals surface area (Å²) in [5, 5.41) is 4.11. The van der Waals surface area contributed by atoms with E-state index in [0.29, 0.717) is 5.56 Å². The fourth-order valence-corrected chi connectivity index (χ4v) is 3.15. The van der Waals surface area contributed by atoms with Gasteiger partial charge in [-0.3, -0.25) is 9.78 Å². The Hall–Kier alpha value is -3.21. The summed E-state index contributed by atoms with van der Waals surface area (Å²) < 4.78 is 2.19. The fraction of sp³-hybridized carbons (Fsp3) is 0.261. The molecule has 0 aliphatic rings. The Labute approximate surface area is 166 Å². The number of hydrogen-bond acceptors (Lipinski definition) is 3. The van der Waals surface area contributed by atoms with Crippen molar-refractivity contribution < 1.29 is 4.79 Å². The number of carbonyl (C=O) groups is 1. The molecule has 0 aliphatic carbocycles. The van der Waals surface area contributed by atoms with Crippen molar-refractivity contribution >= 4 is 12.1 Å². The smallest absolute Gasteiger partial charge is 0.272 e. The molecule has 0 atom stereocenters. The highest BCUT2D eigenvalue weighted by molar-refractivity contribution is 5.94. The van der Waals surface area contributed by atoms with Crippen LogP contribution in [0.3, 0.4) is 0 Å². The van der Waals surface area contributed by atoms with Gasteiger partial charge in [0.2, 0.25) is 0 Å². The van der Waals surface area contributed by atoms with E-state index in [0.717, 1.165) is 22.6 Å². The molecule has 1 amide bonds. The van der Waals surface area contributed by atoms with E-state index in [9.17, 15) is 4.79 Å². The predicted octanol–water partition coefficient (Wildman–Crippen LogP) is 4.55. The summed E-state index contributed by atoms with van der Waals surface area (Å²) in [5.41, 5.74) is 8.71. The molecule has 5 nitrogen and oxygen atoms in total. The van der Waals surface area contributed by atoms with Crippen LogP contribution in [0.4, 0.5) is 0 Å². The molecule has 3 rings (SSSR count). The van der Waals surface area contributed by atoms with Crippen LogP contribution in [-0.4, -0.2) is 21.7 Å². The second-order valence-corrected chi connectivity index (χ2v) is 7.90. The Kier molecular flexibility index (Phi) is 5.45. The van der Waals surface area contributed by atoms with Gasteiger partial charge in [0.25, 0.3) is 5.91 Å². The van der Waals surface area contributed by atoms with Gasteiger partial charge in [0.15, 0.2) is 0 Å². The number of rotatable bonds is 4. The van der Waals surface area contributed by atoms with E-state index in [1.165, 1.54) is 11.8 Å². The van der Waals surface area contributed by atoms with E-state index < -0.39 is 0 Å². The van der Waals surface area contributed by atoms with Gasteiger partial charge in [-0.15, -0.1) is 0 Å². The SMILES string of the molecule is Cc1cc(/C=N\NC(=O)c2cccnc2)c(C)n1-c1ccc(C(C)(C)C)cc1. The van der Waals surface area contributed by atoms with Gasteiger partial charge in [-0.2, -0.15) is 5.10 Å². The quantitative estimate of drug-likeness (QED) is 0.538. The highest BCUT2D eigenvalue weighted by Gasteiger charge is 2.14. The Balaban J connectivity index is 1.79. The molecule has 3 aromatic rings. The Bertz CT molecular complexity index is 994. The van der Waals surface area contributed by atoms with Crippen LogP contribution in [0.2, 0.25) is 0 Å². The number of nitrogens with zero attached hydrogens (tertiary/aromatic N) is 3. The van der Waals surface area contributed by atoms with Crippen molar-refractivity contribution in [3.05, 3.63) is 82.9 Å². The zero-order valence-electron chi connectivity index (χ0n) is 17.0. The van der Waals surface area contributed by atoms with E-state index in [1.54, 1.807) is 24.5 Å². The van der Waals surface area contributed by atoms with Crippen LogP contribution in [-0.2, 0) is 5.41 Å². The molecule has 0 aliphatic heterocycles. The van der Waals surface area contributed by atoms with Gasteiger partial charge in [0.1, 0.15) is 0 Å². The van der Waals surface area contributed by atoms with Crippen molar-refractivity contribution in [2.45, 2.75) is 40.0 Å². The summed E-state index contributed by atoms with van der Waals surface area (Å²) in [5.74, 6) is -0.282. The third kappa shape index (κ3) is 4.19. The third-order valence-corrected chi connectivity index (χ3v) is 4.76. The van der Waals surface area contributed by atoms with Crippen LogP contribution in [0.5, 0.6) is 0 Å². The molecule has 1 aromatic carbocycles. The molecule has 144 valence electrons. The van der Waals surface area contributed by atoms with Crippen molar-refractivity contribution in [2.75, 3.05) is 0 Å². The minimum atomic E-state index is -0.282. The number of hydrazone groups is 1. The van der Waals surface area contributed by atoms with Gasteiger partial charge in [-0.25, -0.2) is 5.43 Å². The van der Waals surface area contributed by atoms with E-state index in [2.05, 4.69) is 85.0 Å². The summed E-state index contributed by atoms with van der Waals surface area (Å²) in [6, 6.07) is 14.1. The first-order valence-corrected chi connectivity index (χ1v) is 9.30. The predicted molar refractivity (Wildman–Crippen MR) is 113 cm³/mol. The minimum absolute atomic E-state index is 0.129. The van der Waals surface area contributed by atoms with Crippen LogP contribution in [0, 0.1) is 13.8 Å². The van der Waals surface area contributed by atoms with E-state index in [1.807, 2.05) is 0 Å². The molecule has 0 saturated heterocycles. The molecule has 0 bridgehead atoms. The molecular weight excluding hydrogens is 348 g/mol. The first-order chi connectivity index (χ1) is 13.3. The van der Waals surface area contributed by atoms with Crippen molar-refractivity contribution in [2.24, 2.45) is 5.10 Å². The average Bonchev–Trinajstić information content (AvgIpc) is 2.95. The van der Waals surface area contributed by atoms with Crippen molar-refractivity contribution in [3.63, 3.8) is 0 Å². The Morgan fingerprint density at radius 2 is 1.86 bits per heavy atom. The second-order valence-electron chi connectivity index (χ2n) is 7.90. The van der Waals surface area contributed by atoms with Crippen molar-refractivity contribution in [1.82, 2.24) is 15.0 Å². The maximum Gasteiger partial charge on any atom is 0.272 e. The molecule has 0 unspecified atom stereocenters. The highest BCUT2D eigenvalue weighted by Crippen LogP contribution is 2.25. The molecule has 28 heavy (non-hydrogen) atoms. The molecule has 5 heteroatoms. The zero-order chi connectivity index (χ0) is 20.3. The summed E-state index contributed by atoms with van der Waals surface area (Å²) in [7, 11) is 0. The molecule has 0 radical (unpaired) electrons. The van der Waals surface area contributed by atoms with Crippen molar-refractivity contribution in [3.8, 4) is 5.69 Å². The monoisotopic (exact) mass is 374 g/mol. The number of nitrogens with one attached hydrogen (secondary N) is 1. The van der Waals surface area contributed by atoms with Gasteiger partial charge in [-0.05, 0) is 55.2 Å². The molecule has 2 heterocycles. The van der Waals surface area contributed by atoms with Crippen LogP contribution in [0.1, 0.15) is 53.6 Å². The van der Waals surface area contributed by atoms with E-state index in [-0.39, 0.29) is 11.3 Å². The largest absolute Gasteiger partial charge is 0.318 e. The third-order valence-electron chi connectivity index (χ3n) is 4.76. The van der Waals surface area contributed by atoms with E-state index in [4.69, 9.17) is 0 Å². The molecule has 0 fully saturated rings. The van der Waals surface area contributed by atoms with Gasteiger partial charge >= 0.3 is 0 Å². The normalized spacial score (nSPS) is 11.8. The number of benzene rings is 1. The molecule has 0 saturated carbocycles. The number of amides is 1. The first kappa shape index (κ1) is 19.5. The summed E-state index contributed by atoms with van der Waals surface area (Å²) in [6.45, 7) is 10.7. The molecule has 2 aromatic heterocycles. The topological polar surface area (TPSA) is 59.3 Å². The van der Waals surface area contributed by atoms with Crippen LogP contribution in [0.15, 0.2) is 60.0 Å². The van der Waals surface area contributed by atoms with Crippen LogP contribution in [0.25, 0.3) is 5.69 Å². The maximum absolute atomic E-state index is 12.1. The standard InChI is InChI=1S/C23H26N4O/c1-16-13-19(15-25-26-22(28)18-7-6-12-24-14-18)17(2)27(16)21-10-8-20(9-11-21)23(3,4)5/h6-15H,1-5H3,(H,26,28)/b25-15-. The highest BCUT2D eigenvalue weighted by atomic mass is 16.2. The van der Waals surface area contributed by atoms with Gasteiger partial charge in [0, 0.05) is 35.0 Å². The number of aromatic nitrogens is 2. The summed E-state index contributed by atoms with van der Waals surface area (Å²) in [4.78, 5) is 16.0. The number of carbonyl (C=O) groups excluding carboxylic acids is 1. The number of hydrogen-bond donors (Lipinski definition) is 1. The number of pyridine rings is 1. The van der Waals surface area contributed by atoms with E-state index >= 15 is 0 Å². The van der Waals surface area contributed by atoms with Gasteiger partial charge < -0.3 is 4.57 Å². The maximum atomic E-state index is 12.1. The lowest BCUT2D eigenvalue weighted by Crippen LogP contribution is -2.17. The minimum Gasteiger partial charge on any atom is -0.318 e. The Morgan fingerprint density at radius 3 is 2.46 bits per heavy atom. The molecule has 0 spiro atoms. The summed E-state index contributed by atoms with van der Waals surface area (Å²) in [6.07, 6.45) is 4.82. The lowest BCUT2D eigenvalue weighted by atomic mass is 9.87. The van der Waals surface area contributed by atoms with Gasteiger partial charge in [-0.1, -0.05) is 32.9 Å². The van der Waals surface area contributed by atoms with Crippen LogP contribution >= 0.6 is 0 Å². The summed E-state index contributed by atoms with van der Waals surface area (Å²) >= 11 is 0. The van der Waals surface area contributed by atoms with Crippen LogP contribution < -0.4 is 5.43 Å². The second kappa shape index (κ2) is 7.80. The average molecular weight is 374 g/mol.